The summed E-state index contributed by atoms with van der Waals surface area (Å²) in [6.07, 6.45) is 12.5. The zero-order chi connectivity index (χ0) is 14.8. The fraction of sp³-hybridized carbons (Fsp3) is 1.00. The van der Waals surface area contributed by atoms with E-state index in [0.717, 1.165) is 6.54 Å². The Kier molecular flexibility index (Phi) is 8.79. The number of hydrogen-bond donors (Lipinski definition) is 1. The van der Waals surface area contributed by atoms with Gasteiger partial charge in [0, 0.05) is 11.6 Å². The van der Waals surface area contributed by atoms with Gasteiger partial charge in [-0.2, -0.15) is 0 Å². The average Bonchev–Trinajstić information content (AvgIpc) is 2.46. The van der Waals surface area contributed by atoms with E-state index in [1.54, 1.807) is 0 Å². The molecule has 0 aliphatic carbocycles. The molecule has 0 aromatic carbocycles. The molecule has 1 aliphatic rings. The third kappa shape index (κ3) is 5.73. The van der Waals surface area contributed by atoms with Gasteiger partial charge in [-0.05, 0) is 52.7 Å². The van der Waals surface area contributed by atoms with Crippen LogP contribution in [-0.2, 0) is 0 Å². The molecule has 0 aromatic rings. The Morgan fingerprint density at radius 3 is 2.20 bits per heavy atom. The van der Waals surface area contributed by atoms with E-state index in [2.05, 4.69) is 37.9 Å². The highest BCUT2D eigenvalue weighted by Crippen LogP contribution is 2.26. The molecule has 1 heterocycles. The van der Waals surface area contributed by atoms with Crippen LogP contribution >= 0.6 is 0 Å². The molecular formula is C18H38N2. The third-order valence-corrected chi connectivity index (χ3v) is 5.07. The first kappa shape index (κ1) is 18.0. The van der Waals surface area contributed by atoms with Crippen LogP contribution in [0.3, 0.4) is 0 Å². The van der Waals surface area contributed by atoms with Crippen LogP contribution in [-0.4, -0.2) is 36.1 Å². The van der Waals surface area contributed by atoms with E-state index >= 15 is 0 Å². The van der Waals surface area contributed by atoms with Crippen LogP contribution in [0.2, 0.25) is 0 Å². The predicted octanol–water partition coefficient (Wildman–Crippen LogP) is 4.59. The molecule has 1 unspecified atom stereocenters. The molecule has 2 nitrogen and oxygen atoms in total. The van der Waals surface area contributed by atoms with Crippen molar-refractivity contribution in [1.29, 1.82) is 0 Å². The highest BCUT2D eigenvalue weighted by molar-refractivity contribution is 4.94. The first-order chi connectivity index (χ1) is 9.62. The number of hydrogen-bond acceptors (Lipinski definition) is 2. The SMILES string of the molecule is CCCCCCCC(NCC)C(C)(C)N1CCCCC1. The highest BCUT2D eigenvalue weighted by atomic mass is 15.2. The van der Waals surface area contributed by atoms with Gasteiger partial charge in [-0.1, -0.05) is 52.4 Å². The smallest absolute Gasteiger partial charge is 0.0306 e. The number of piperidine rings is 1. The summed E-state index contributed by atoms with van der Waals surface area (Å²) in [5.41, 5.74) is 0.307. The summed E-state index contributed by atoms with van der Waals surface area (Å²) in [6.45, 7) is 13.1. The summed E-state index contributed by atoms with van der Waals surface area (Å²) in [4.78, 5) is 2.73. The van der Waals surface area contributed by atoms with Crippen LogP contribution in [0.1, 0.15) is 85.5 Å². The van der Waals surface area contributed by atoms with Gasteiger partial charge < -0.3 is 5.32 Å². The molecule has 1 fully saturated rings. The first-order valence-electron chi connectivity index (χ1n) is 9.11. The summed E-state index contributed by atoms with van der Waals surface area (Å²) >= 11 is 0. The minimum Gasteiger partial charge on any atom is -0.312 e. The molecule has 0 saturated carbocycles. The Labute approximate surface area is 127 Å². The number of unbranched alkanes of at least 4 members (excludes halogenated alkanes) is 4. The third-order valence-electron chi connectivity index (χ3n) is 5.07. The van der Waals surface area contributed by atoms with Gasteiger partial charge in [0.05, 0.1) is 0 Å². The van der Waals surface area contributed by atoms with Gasteiger partial charge in [0.25, 0.3) is 0 Å². The van der Waals surface area contributed by atoms with Crippen molar-refractivity contribution >= 4 is 0 Å². The van der Waals surface area contributed by atoms with Gasteiger partial charge >= 0.3 is 0 Å². The Morgan fingerprint density at radius 2 is 1.60 bits per heavy atom. The molecule has 0 spiro atoms. The molecular weight excluding hydrogens is 244 g/mol. The lowest BCUT2D eigenvalue weighted by Gasteiger charge is -2.46. The largest absolute Gasteiger partial charge is 0.312 e. The van der Waals surface area contributed by atoms with Gasteiger partial charge in [-0.25, -0.2) is 0 Å². The van der Waals surface area contributed by atoms with Crippen molar-refractivity contribution in [3.05, 3.63) is 0 Å². The Hall–Kier alpha value is -0.0800. The number of nitrogens with one attached hydrogen (secondary N) is 1. The lowest BCUT2D eigenvalue weighted by atomic mass is 9.86. The second-order valence-electron chi connectivity index (χ2n) is 7.01. The molecule has 0 bridgehead atoms. The second kappa shape index (κ2) is 9.78. The fourth-order valence-corrected chi connectivity index (χ4v) is 3.59. The minimum atomic E-state index is 0.307. The van der Waals surface area contributed by atoms with Crippen LogP contribution in [0, 0.1) is 0 Å². The molecule has 0 radical (unpaired) electrons. The van der Waals surface area contributed by atoms with Crippen LogP contribution in [0.4, 0.5) is 0 Å². The zero-order valence-electron chi connectivity index (χ0n) is 14.5. The predicted molar refractivity (Wildman–Crippen MR) is 90.3 cm³/mol. The van der Waals surface area contributed by atoms with Crippen LogP contribution in [0.5, 0.6) is 0 Å². The van der Waals surface area contributed by atoms with Crippen LogP contribution in [0.25, 0.3) is 0 Å². The lowest BCUT2D eigenvalue weighted by Crippen LogP contribution is -2.58. The molecule has 1 aliphatic heterocycles. The van der Waals surface area contributed by atoms with Crippen molar-refractivity contribution in [2.75, 3.05) is 19.6 Å². The maximum atomic E-state index is 3.77. The summed E-state index contributed by atoms with van der Waals surface area (Å²) in [5, 5.41) is 3.77. The summed E-state index contributed by atoms with van der Waals surface area (Å²) in [5.74, 6) is 0. The number of likely N-dealkylation sites (N-methyl/N-ethyl adjacent to an activating group) is 1. The summed E-state index contributed by atoms with van der Waals surface area (Å²) in [7, 11) is 0. The fourth-order valence-electron chi connectivity index (χ4n) is 3.59. The van der Waals surface area contributed by atoms with Crippen molar-refractivity contribution in [3.8, 4) is 0 Å². The lowest BCUT2D eigenvalue weighted by molar-refractivity contribution is 0.0578. The van der Waals surface area contributed by atoms with E-state index in [9.17, 15) is 0 Å². The first-order valence-corrected chi connectivity index (χ1v) is 9.11. The quantitative estimate of drug-likeness (QED) is 0.590. The van der Waals surface area contributed by atoms with E-state index in [1.807, 2.05) is 0 Å². The maximum Gasteiger partial charge on any atom is 0.0306 e. The van der Waals surface area contributed by atoms with Gasteiger partial charge in [0.15, 0.2) is 0 Å². The Bertz CT molecular complexity index is 232. The van der Waals surface area contributed by atoms with Gasteiger partial charge in [-0.15, -0.1) is 0 Å². The van der Waals surface area contributed by atoms with E-state index in [0.29, 0.717) is 11.6 Å². The summed E-state index contributed by atoms with van der Waals surface area (Å²) in [6, 6.07) is 0.646. The normalized spacial score (nSPS) is 19.2. The standard InChI is InChI=1S/C18H38N2/c1-5-7-8-9-11-14-17(19-6-2)18(3,4)20-15-12-10-13-16-20/h17,19H,5-16H2,1-4H3. The molecule has 120 valence electrons. The van der Waals surface area contributed by atoms with E-state index in [4.69, 9.17) is 0 Å². The molecule has 1 N–H and O–H groups in total. The van der Waals surface area contributed by atoms with Crippen molar-refractivity contribution in [3.63, 3.8) is 0 Å². The molecule has 20 heavy (non-hydrogen) atoms. The van der Waals surface area contributed by atoms with Crippen molar-refractivity contribution in [2.24, 2.45) is 0 Å². The Balaban J connectivity index is 2.44. The van der Waals surface area contributed by atoms with E-state index in [-0.39, 0.29) is 0 Å². The number of rotatable bonds is 10. The molecule has 1 atom stereocenters. The van der Waals surface area contributed by atoms with Crippen molar-refractivity contribution in [2.45, 2.75) is 97.1 Å². The van der Waals surface area contributed by atoms with Gasteiger partial charge in [-0.3, -0.25) is 4.90 Å². The molecule has 0 aromatic heterocycles. The minimum absolute atomic E-state index is 0.307. The van der Waals surface area contributed by atoms with Gasteiger partial charge in [0.2, 0.25) is 0 Å². The van der Waals surface area contributed by atoms with E-state index in [1.165, 1.54) is 70.9 Å². The molecule has 2 heteroatoms. The average molecular weight is 283 g/mol. The molecule has 0 amide bonds. The topological polar surface area (TPSA) is 15.3 Å². The Morgan fingerprint density at radius 1 is 0.950 bits per heavy atom. The summed E-state index contributed by atoms with van der Waals surface area (Å²) < 4.78 is 0. The maximum absolute atomic E-state index is 3.77. The zero-order valence-corrected chi connectivity index (χ0v) is 14.5. The number of likely N-dealkylation sites (tertiary alicyclic amines) is 1. The monoisotopic (exact) mass is 282 g/mol. The van der Waals surface area contributed by atoms with Crippen molar-refractivity contribution in [1.82, 2.24) is 10.2 Å². The molecule has 1 saturated heterocycles. The van der Waals surface area contributed by atoms with Crippen LogP contribution < -0.4 is 5.32 Å². The second-order valence-corrected chi connectivity index (χ2v) is 7.01. The van der Waals surface area contributed by atoms with E-state index < -0.39 is 0 Å². The molecule has 1 rings (SSSR count). The van der Waals surface area contributed by atoms with Gasteiger partial charge in [0.1, 0.15) is 0 Å². The van der Waals surface area contributed by atoms with Crippen LogP contribution in [0.15, 0.2) is 0 Å². The van der Waals surface area contributed by atoms with Crippen molar-refractivity contribution < 1.29 is 0 Å². The highest BCUT2D eigenvalue weighted by Gasteiger charge is 2.34. The number of nitrogens with zero attached hydrogens (tertiary/aromatic N) is 1.